The second kappa shape index (κ2) is 7.56. The van der Waals surface area contributed by atoms with Crippen LogP contribution >= 0.6 is 0 Å². The number of ketones is 1. The molecule has 1 fully saturated rings. The van der Waals surface area contributed by atoms with Crippen molar-refractivity contribution in [2.24, 2.45) is 5.92 Å². The lowest BCUT2D eigenvalue weighted by molar-refractivity contribution is -0.113. The van der Waals surface area contributed by atoms with Crippen LogP contribution in [0.4, 0.5) is 0 Å². The zero-order chi connectivity index (χ0) is 22.7. The molecular weight excluding hydrogens is 400 g/mol. The minimum Gasteiger partial charge on any atom is -0.410 e. The molecular formula is C26H42O2Si2. The summed E-state index contributed by atoms with van der Waals surface area (Å²) in [6.45, 7) is 24.0. The molecule has 1 aromatic carbocycles. The summed E-state index contributed by atoms with van der Waals surface area (Å²) in [7, 11) is -3.65. The zero-order valence-electron chi connectivity index (χ0n) is 20.8. The number of carbonyl (C=O) groups excluding carboxylic acids is 1. The van der Waals surface area contributed by atoms with E-state index in [9.17, 15) is 4.79 Å². The van der Waals surface area contributed by atoms with Crippen molar-refractivity contribution in [2.45, 2.75) is 102 Å². The van der Waals surface area contributed by atoms with Crippen LogP contribution in [0.1, 0.15) is 59.9 Å². The maximum atomic E-state index is 13.2. The van der Waals surface area contributed by atoms with Gasteiger partial charge in [-0.05, 0) is 52.2 Å². The van der Waals surface area contributed by atoms with Crippen LogP contribution in [0.25, 0.3) is 5.57 Å². The van der Waals surface area contributed by atoms with Crippen LogP contribution in [-0.4, -0.2) is 28.3 Å². The van der Waals surface area contributed by atoms with E-state index < -0.39 is 16.4 Å². The van der Waals surface area contributed by atoms with Crippen molar-refractivity contribution in [1.29, 1.82) is 0 Å². The first kappa shape index (κ1) is 23.7. The van der Waals surface area contributed by atoms with Crippen LogP contribution in [0.15, 0.2) is 35.9 Å². The number of carbonyl (C=O) groups is 1. The quantitative estimate of drug-likeness (QED) is 0.446. The first-order chi connectivity index (χ1) is 13.6. The van der Waals surface area contributed by atoms with Gasteiger partial charge < -0.3 is 4.43 Å². The highest BCUT2D eigenvalue weighted by Crippen LogP contribution is 2.60. The molecule has 0 aromatic heterocycles. The van der Waals surface area contributed by atoms with Gasteiger partial charge in [-0.2, -0.15) is 0 Å². The Balaban J connectivity index is 2.17. The second-order valence-electron chi connectivity index (χ2n) is 12.6. The van der Waals surface area contributed by atoms with Crippen molar-refractivity contribution >= 4 is 27.7 Å². The summed E-state index contributed by atoms with van der Waals surface area (Å²) in [4.78, 5) is 13.2. The molecule has 3 atom stereocenters. The topological polar surface area (TPSA) is 26.3 Å². The zero-order valence-corrected chi connectivity index (χ0v) is 22.8. The van der Waals surface area contributed by atoms with Crippen molar-refractivity contribution in [3.63, 3.8) is 0 Å². The fraction of sp³-hybridized carbons (Fsp3) is 0.654. The lowest BCUT2D eigenvalue weighted by atomic mass is 9.99. The Labute approximate surface area is 186 Å². The summed E-state index contributed by atoms with van der Waals surface area (Å²) in [5.74, 6) is 0.681. The summed E-state index contributed by atoms with van der Waals surface area (Å²) in [6.07, 6.45) is 1.88. The molecule has 0 unspecified atom stereocenters. The Kier molecular flexibility index (Phi) is 5.97. The molecule has 2 aliphatic carbocycles. The monoisotopic (exact) mass is 442 g/mol. The highest BCUT2D eigenvalue weighted by atomic mass is 28.4. The molecule has 1 aromatic rings. The number of benzene rings is 1. The van der Waals surface area contributed by atoms with Gasteiger partial charge in [0.15, 0.2) is 14.1 Å². The smallest absolute Gasteiger partial charge is 0.192 e. The molecule has 1 saturated carbocycles. The molecule has 0 spiro atoms. The van der Waals surface area contributed by atoms with E-state index in [4.69, 9.17) is 4.43 Å². The van der Waals surface area contributed by atoms with E-state index >= 15 is 0 Å². The maximum absolute atomic E-state index is 13.2. The standard InChI is InChI=1S/C26H42O2Si2/c1-25(2,3)29(7,8)21-17-19-16-20(27)22(18-14-12-11-13-15-18)23(19)24(21)28-30(9,10)26(4,5)6/h11-15,19,21,24H,16-17H2,1-10H3/t19-,21+,24-/m0/s1. The van der Waals surface area contributed by atoms with Gasteiger partial charge in [-0.3, -0.25) is 4.79 Å². The molecule has 0 amide bonds. The van der Waals surface area contributed by atoms with Gasteiger partial charge in [-0.25, -0.2) is 0 Å². The average molecular weight is 443 g/mol. The number of Topliss-reactive ketones (excluding diaryl/α,β-unsaturated/α-hetero) is 1. The number of hydrogen-bond donors (Lipinski definition) is 0. The third-order valence-electron chi connectivity index (χ3n) is 8.80. The van der Waals surface area contributed by atoms with Crippen molar-refractivity contribution in [1.82, 2.24) is 0 Å². The van der Waals surface area contributed by atoms with E-state index in [1.165, 1.54) is 5.57 Å². The molecule has 0 aliphatic heterocycles. The highest BCUT2D eigenvalue weighted by molar-refractivity contribution is 6.82. The fourth-order valence-corrected chi connectivity index (χ4v) is 9.24. The minimum atomic E-state index is -1.99. The first-order valence-electron chi connectivity index (χ1n) is 11.6. The van der Waals surface area contributed by atoms with Crippen LogP contribution < -0.4 is 0 Å². The SMILES string of the molecule is CC(C)(C)[Si](C)(C)O[C@@H]1C2=C(c3ccccc3)C(=O)C[C@H]2C[C@H]1[Si](C)(C)C(C)(C)C. The maximum Gasteiger partial charge on any atom is 0.192 e. The number of rotatable bonds is 4. The number of fused-ring (bicyclic) bond motifs is 1. The van der Waals surface area contributed by atoms with Gasteiger partial charge in [0.1, 0.15) is 0 Å². The predicted octanol–water partition coefficient (Wildman–Crippen LogP) is 7.70. The van der Waals surface area contributed by atoms with Gasteiger partial charge in [0, 0.05) is 12.0 Å². The average Bonchev–Trinajstić information content (AvgIpc) is 3.09. The molecule has 3 rings (SSSR count). The minimum absolute atomic E-state index is 0.0958. The largest absolute Gasteiger partial charge is 0.410 e. The Morgan fingerprint density at radius 3 is 1.97 bits per heavy atom. The fourth-order valence-electron chi connectivity index (χ4n) is 4.83. The van der Waals surface area contributed by atoms with E-state index in [2.05, 4.69) is 79.9 Å². The molecule has 30 heavy (non-hydrogen) atoms. The second-order valence-corrected chi connectivity index (χ2v) is 23.1. The van der Waals surface area contributed by atoms with Crippen LogP contribution in [0, 0.1) is 5.92 Å². The van der Waals surface area contributed by atoms with E-state index in [-0.39, 0.29) is 11.1 Å². The molecule has 0 heterocycles. The Morgan fingerprint density at radius 2 is 1.47 bits per heavy atom. The molecule has 2 aliphatic rings. The number of allylic oxidation sites excluding steroid dienone is 1. The molecule has 0 saturated heterocycles. The molecule has 166 valence electrons. The van der Waals surface area contributed by atoms with E-state index in [1.54, 1.807) is 0 Å². The molecule has 2 nitrogen and oxygen atoms in total. The van der Waals surface area contributed by atoms with Crippen LogP contribution in [-0.2, 0) is 9.22 Å². The first-order valence-corrected chi connectivity index (χ1v) is 17.6. The van der Waals surface area contributed by atoms with Gasteiger partial charge in [-0.15, -0.1) is 0 Å². The normalized spacial score (nSPS) is 25.8. The van der Waals surface area contributed by atoms with E-state index in [0.29, 0.717) is 28.7 Å². The summed E-state index contributed by atoms with van der Waals surface area (Å²) in [5.41, 5.74) is 3.95. The molecule has 4 heteroatoms. The molecule has 0 N–H and O–H groups in total. The third kappa shape index (κ3) is 3.96. The van der Waals surface area contributed by atoms with Crippen LogP contribution in [0.2, 0.25) is 41.8 Å². The summed E-state index contributed by atoms with van der Waals surface area (Å²) >= 11 is 0. The predicted molar refractivity (Wildman–Crippen MR) is 134 cm³/mol. The van der Waals surface area contributed by atoms with Gasteiger partial charge in [0.2, 0.25) is 0 Å². The lowest BCUT2D eigenvalue weighted by Crippen LogP contribution is -2.50. The third-order valence-corrected chi connectivity index (χ3v) is 19.5. The van der Waals surface area contributed by atoms with Crippen molar-refractivity contribution in [3.8, 4) is 0 Å². The Hall–Kier alpha value is -0.976. The van der Waals surface area contributed by atoms with Gasteiger partial charge in [0.05, 0.1) is 14.2 Å². The molecule has 0 bridgehead atoms. The number of hydrogen-bond acceptors (Lipinski definition) is 2. The van der Waals surface area contributed by atoms with E-state index in [0.717, 1.165) is 17.6 Å². The van der Waals surface area contributed by atoms with Crippen LogP contribution in [0.5, 0.6) is 0 Å². The van der Waals surface area contributed by atoms with E-state index in [1.807, 2.05) is 18.2 Å². The van der Waals surface area contributed by atoms with Gasteiger partial charge >= 0.3 is 0 Å². The summed E-state index contributed by atoms with van der Waals surface area (Å²) in [5, 5.41) is 0.446. The summed E-state index contributed by atoms with van der Waals surface area (Å²) in [6, 6.07) is 10.3. The highest BCUT2D eigenvalue weighted by Gasteiger charge is 2.57. The Morgan fingerprint density at radius 1 is 0.900 bits per heavy atom. The van der Waals surface area contributed by atoms with Crippen LogP contribution in [0.3, 0.4) is 0 Å². The summed E-state index contributed by atoms with van der Waals surface area (Å²) < 4.78 is 7.23. The lowest BCUT2D eigenvalue weighted by Gasteiger charge is -2.47. The van der Waals surface area contributed by atoms with Crippen molar-refractivity contribution < 1.29 is 9.22 Å². The van der Waals surface area contributed by atoms with Crippen molar-refractivity contribution in [3.05, 3.63) is 41.5 Å². The van der Waals surface area contributed by atoms with Gasteiger partial charge in [-0.1, -0.05) is 85.0 Å². The molecule has 0 radical (unpaired) electrons. The Bertz CT molecular complexity index is 838. The van der Waals surface area contributed by atoms with Gasteiger partial charge in [0.25, 0.3) is 0 Å². The van der Waals surface area contributed by atoms with Crippen molar-refractivity contribution in [2.75, 3.05) is 0 Å².